The van der Waals surface area contributed by atoms with Gasteiger partial charge in [0.2, 0.25) is 0 Å². The van der Waals surface area contributed by atoms with Crippen LogP contribution in [0, 0.1) is 23.7 Å². The number of fused-ring (bicyclic) bond motifs is 2. The van der Waals surface area contributed by atoms with E-state index in [1.165, 1.54) is 0 Å². The second-order valence-corrected chi connectivity index (χ2v) is 5.44. The summed E-state index contributed by atoms with van der Waals surface area (Å²) in [5, 5.41) is 20.2. The van der Waals surface area contributed by atoms with E-state index in [1.807, 2.05) is 31.2 Å². The molecule has 18 heavy (non-hydrogen) atoms. The van der Waals surface area contributed by atoms with Crippen LogP contribution in [0.5, 0.6) is 0 Å². The van der Waals surface area contributed by atoms with E-state index in [0.29, 0.717) is 6.42 Å². The first kappa shape index (κ1) is 11.7. The smallest absolute Gasteiger partial charge is 0.116 e. The highest BCUT2D eigenvalue weighted by atomic mass is 16.5. The molecule has 1 aromatic rings. The molecule has 94 valence electrons. The standard InChI is InChI=1S/C15H17NO2/c1-10-4-2-3-5-12(10)14(17)15(9-16)8-11-6-7-13(15)18-11/h2-5,11,13-14,17H,6-8H2,1H3. The van der Waals surface area contributed by atoms with E-state index >= 15 is 0 Å². The van der Waals surface area contributed by atoms with Crippen LogP contribution in [0.2, 0.25) is 0 Å². The van der Waals surface area contributed by atoms with Gasteiger partial charge in [-0.2, -0.15) is 5.26 Å². The van der Waals surface area contributed by atoms with Gasteiger partial charge in [0.15, 0.2) is 0 Å². The van der Waals surface area contributed by atoms with Gasteiger partial charge in [-0.1, -0.05) is 24.3 Å². The summed E-state index contributed by atoms with van der Waals surface area (Å²) in [6, 6.07) is 10.1. The number of aryl methyl sites for hydroxylation is 1. The van der Waals surface area contributed by atoms with Gasteiger partial charge in [-0.15, -0.1) is 0 Å². The monoisotopic (exact) mass is 243 g/mol. The van der Waals surface area contributed by atoms with Crippen LogP contribution in [-0.2, 0) is 4.74 Å². The molecule has 2 fully saturated rings. The Morgan fingerprint density at radius 3 is 2.78 bits per heavy atom. The van der Waals surface area contributed by atoms with Crippen LogP contribution in [0.15, 0.2) is 24.3 Å². The lowest BCUT2D eigenvalue weighted by molar-refractivity contribution is 0.00312. The predicted octanol–water partition coefficient (Wildman–Crippen LogP) is 2.49. The van der Waals surface area contributed by atoms with Crippen molar-refractivity contribution >= 4 is 0 Å². The fourth-order valence-electron chi connectivity index (χ4n) is 3.38. The largest absolute Gasteiger partial charge is 0.387 e. The molecule has 4 atom stereocenters. The first-order valence-electron chi connectivity index (χ1n) is 6.47. The summed E-state index contributed by atoms with van der Waals surface area (Å²) in [4.78, 5) is 0. The zero-order valence-electron chi connectivity index (χ0n) is 10.5. The Balaban J connectivity index is 1.99. The second-order valence-electron chi connectivity index (χ2n) is 5.44. The molecule has 1 aromatic carbocycles. The molecule has 2 heterocycles. The van der Waals surface area contributed by atoms with Crippen molar-refractivity contribution < 1.29 is 9.84 Å². The molecule has 3 heteroatoms. The van der Waals surface area contributed by atoms with Gasteiger partial charge in [0.1, 0.15) is 11.5 Å². The average molecular weight is 243 g/mol. The van der Waals surface area contributed by atoms with E-state index in [4.69, 9.17) is 4.74 Å². The van der Waals surface area contributed by atoms with Gasteiger partial charge in [0.25, 0.3) is 0 Å². The third-order valence-corrected chi connectivity index (χ3v) is 4.43. The maximum Gasteiger partial charge on any atom is 0.116 e. The molecule has 0 saturated carbocycles. The Hall–Kier alpha value is -1.37. The molecule has 0 aliphatic carbocycles. The number of hydrogen-bond donors (Lipinski definition) is 1. The van der Waals surface area contributed by atoms with Crippen LogP contribution in [0.4, 0.5) is 0 Å². The maximum absolute atomic E-state index is 10.7. The van der Waals surface area contributed by atoms with Crippen LogP contribution in [-0.4, -0.2) is 17.3 Å². The number of aliphatic hydroxyl groups is 1. The highest BCUT2D eigenvalue weighted by Crippen LogP contribution is 2.54. The topological polar surface area (TPSA) is 53.2 Å². The molecular formula is C15H17NO2. The van der Waals surface area contributed by atoms with Crippen LogP contribution in [0.3, 0.4) is 0 Å². The molecule has 0 aromatic heterocycles. The predicted molar refractivity (Wildman–Crippen MR) is 66.7 cm³/mol. The minimum Gasteiger partial charge on any atom is -0.387 e. The van der Waals surface area contributed by atoms with Crippen LogP contribution >= 0.6 is 0 Å². The Bertz CT molecular complexity index is 507. The third-order valence-electron chi connectivity index (χ3n) is 4.43. The summed E-state index contributed by atoms with van der Waals surface area (Å²) in [5.41, 5.74) is 1.13. The highest BCUT2D eigenvalue weighted by molar-refractivity contribution is 5.32. The van der Waals surface area contributed by atoms with E-state index in [1.54, 1.807) is 0 Å². The molecule has 2 bridgehead atoms. The van der Waals surface area contributed by atoms with E-state index < -0.39 is 11.5 Å². The van der Waals surface area contributed by atoms with Crippen molar-refractivity contribution in [3.05, 3.63) is 35.4 Å². The summed E-state index contributed by atoms with van der Waals surface area (Å²) in [6.07, 6.45) is 1.87. The summed E-state index contributed by atoms with van der Waals surface area (Å²) < 4.78 is 5.78. The summed E-state index contributed by atoms with van der Waals surface area (Å²) in [7, 11) is 0. The summed E-state index contributed by atoms with van der Waals surface area (Å²) in [5.74, 6) is 0. The molecule has 4 unspecified atom stereocenters. The molecular weight excluding hydrogens is 226 g/mol. The summed E-state index contributed by atoms with van der Waals surface area (Å²) >= 11 is 0. The minimum absolute atomic E-state index is 0.109. The van der Waals surface area contributed by atoms with Gasteiger partial charge in [-0.25, -0.2) is 0 Å². The lowest BCUT2D eigenvalue weighted by Gasteiger charge is -2.33. The van der Waals surface area contributed by atoms with Gasteiger partial charge in [0, 0.05) is 0 Å². The number of hydrogen-bond acceptors (Lipinski definition) is 3. The minimum atomic E-state index is -0.755. The van der Waals surface area contributed by atoms with Crippen molar-refractivity contribution in [3.63, 3.8) is 0 Å². The number of ether oxygens (including phenoxy) is 1. The Labute approximate surface area is 107 Å². The summed E-state index contributed by atoms with van der Waals surface area (Å²) in [6.45, 7) is 1.97. The Morgan fingerprint density at radius 1 is 1.44 bits per heavy atom. The van der Waals surface area contributed by atoms with Crippen molar-refractivity contribution in [1.82, 2.24) is 0 Å². The third kappa shape index (κ3) is 1.50. The molecule has 3 rings (SSSR count). The molecule has 2 saturated heterocycles. The first-order valence-corrected chi connectivity index (χ1v) is 6.47. The molecule has 0 radical (unpaired) electrons. The number of nitrogens with zero attached hydrogens (tertiary/aromatic N) is 1. The van der Waals surface area contributed by atoms with E-state index in [-0.39, 0.29) is 12.2 Å². The zero-order valence-corrected chi connectivity index (χ0v) is 10.5. The number of benzene rings is 1. The molecule has 2 aliphatic rings. The van der Waals surface area contributed by atoms with Gasteiger partial charge >= 0.3 is 0 Å². The lowest BCUT2D eigenvalue weighted by atomic mass is 9.69. The maximum atomic E-state index is 10.7. The number of nitriles is 1. The van der Waals surface area contributed by atoms with Gasteiger partial charge < -0.3 is 9.84 Å². The quantitative estimate of drug-likeness (QED) is 0.868. The van der Waals surface area contributed by atoms with Crippen LogP contribution < -0.4 is 0 Å². The average Bonchev–Trinajstić information content (AvgIpc) is 2.99. The zero-order chi connectivity index (χ0) is 12.8. The van der Waals surface area contributed by atoms with Crippen molar-refractivity contribution in [1.29, 1.82) is 5.26 Å². The first-order chi connectivity index (χ1) is 8.67. The van der Waals surface area contributed by atoms with Crippen molar-refractivity contribution in [3.8, 4) is 6.07 Å². The Morgan fingerprint density at radius 2 is 2.22 bits per heavy atom. The lowest BCUT2D eigenvalue weighted by Crippen LogP contribution is -2.37. The molecule has 2 aliphatic heterocycles. The SMILES string of the molecule is Cc1ccccc1C(O)C1(C#N)CC2CCC1O2. The fraction of sp³-hybridized carbons (Fsp3) is 0.533. The van der Waals surface area contributed by atoms with Gasteiger partial charge in [0.05, 0.1) is 18.3 Å². The highest BCUT2D eigenvalue weighted by Gasteiger charge is 2.57. The van der Waals surface area contributed by atoms with Crippen LogP contribution in [0.1, 0.15) is 36.5 Å². The van der Waals surface area contributed by atoms with Crippen LogP contribution in [0.25, 0.3) is 0 Å². The van der Waals surface area contributed by atoms with Crippen molar-refractivity contribution in [2.45, 2.75) is 44.5 Å². The number of rotatable bonds is 2. The normalized spacial score (nSPS) is 35.4. The second kappa shape index (κ2) is 4.08. The van der Waals surface area contributed by atoms with Crippen molar-refractivity contribution in [2.75, 3.05) is 0 Å². The van der Waals surface area contributed by atoms with Crippen molar-refractivity contribution in [2.24, 2.45) is 5.41 Å². The number of aliphatic hydroxyl groups excluding tert-OH is 1. The van der Waals surface area contributed by atoms with E-state index in [9.17, 15) is 10.4 Å². The fourth-order valence-corrected chi connectivity index (χ4v) is 3.38. The molecule has 3 nitrogen and oxygen atoms in total. The Kier molecular flexibility index (Phi) is 2.65. The van der Waals surface area contributed by atoms with Gasteiger partial charge in [-0.3, -0.25) is 0 Å². The molecule has 1 N–H and O–H groups in total. The molecule has 0 spiro atoms. The van der Waals surface area contributed by atoms with Gasteiger partial charge in [-0.05, 0) is 37.3 Å². The molecule has 0 amide bonds. The van der Waals surface area contributed by atoms with E-state index in [0.717, 1.165) is 24.0 Å². The van der Waals surface area contributed by atoms with E-state index in [2.05, 4.69) is 6.07 Å².